The molecule has 7 nitrogen and oxygen atoms in total. The number of hydrogen-bond donors (Lipinski definition) is 2. The molecule has 2 N–H and O–H groups in total. The first kappa shape index (κ1) is 24.5. The maximum absolute atomic E-state index is 13.1. The zero-order chi connectivity index (χ0) is 24.7. The maximum Gasteiger partial charge on any atom is 0.416 e. The zero-order valence-corrected chi connectivity index (χ0v) is 17.1. The lowest BCUT2D eigenvalue weighted by Crippen LogP contribution is -2.45. The summed E-state index contributed by atoms with van der Waals surface area (Å²) in [6, 6.07) is -0.661. The van der Waals surface area contributed by atoms with E-state index in [9.17, 15) is 42.2 Å². The monoisotopic (exact) mass is 505 g/mol. The second-order valence-corrected chi connectivity index (χ2v) is 9.59. The average Bonchev–Trinajstić information content (AvgIpc) is 3.09. The van der Waals surface area contributed by atoms with Crippen LogP contribution in [0.5, 0.6) is 0 Å². The third-order valence-electron chi connectivity index (χ3n) is 4.61. The molecule has 182 valence electrons. The molecule has 3 rings (SSSR count). The number of halogens is 8. The number of benzene rings is 1. The Hall–Kier alpha value is -3.17. The van der Waals surface area contributed by atoms with Crippen LogP contribution in [0.1, 0.15) is 24.8 Å². The van der Waals surface area contributed by atoms with Crippen LogP contribution in [0.15, 0.2) is 35.5 Å². The van der Waals surface area contributed by atoms with Crippen molar-refractivity contribution < 1.29 is 42.2 Å². The number of alkyl halides is 3. The number of hydrazine groups is 1. The summed E-state index contributed by atoms with van der Waals surface area (Å²) < 4.78 is 105. The smallest absolute Gasteiger partial charge is 0.273 e. The second kappa shape index (κ2) is 7.43. The molecule has 0 saturated heterocycles. The van der Waals surface area contributed by atoms with Gasteiger partial charge in [0.2, 0.25) is 5.91 Å². The van der Waals surface area contributed by atoms with Crippen molar-refractivity contribution in [2.45, 2.75) is 30.3 Å². The molecule has 1 fully saturated rings. The Morgan fingerprint density at radius 1 is 1.06 bits per heavy atom. The molecular weight excluding hydrogens is 490 g/mol. The first-order chi connectivity index (χ1) is 14.9. The van der Waals surface area contributed by atoms with Gasteiger partial charge in [-0.05, 0) is 31.0 Å². The van der Waals surface area contributed by atoms with Gasteiger partial charge in [-0.3, -0.25) is 20.4 Å². The van der Waals surface area contributed by atoms with Gasteiger partial charge in [0.25, 0.3) is 5.91 Å². The molecule has 0 bridgehead atoms. The highest BCUT2D eigenvalue weighted by Crippen LogP contribution is 3.02. The number of carbonyl (C=O) groups excluding carboxylic acids is 2. The third-order valence-corrected chi connectivity index (χ3v) is 5.74. The van der Waals surface area contributed by atoms with Crippen LogP contribution in [0.2, 0.25) is 0 Å². The van der Waals surface area contributed by atoms with Crippen LogP contribution in [0.25, 0.3) is 17.6 Å². The quantitative estimate of drug-likeness (QED) is 0.339. The van der Waals surface area contributed by atoms with Crippen LogP contribution in [-0.4, -0.2) is 26.6 Å². The molecule has 0 atom stereocenters. The Balaban J connectivity index is 1.81. The number of hydrogen-bond acceptors (Lipinski definition) is 4. The molecule has 1 aliphatic carbocycles. The van der Waals surface area contributed by atoms with Crippen molar-refractivity contribution >= 4 is 28.2 Å². The first-order valence-corrected chi connectivity index (χ1v) is 11.0. The van der Waals surface area contributed by atoms with Gasteiger partial charge in [0.1, 0.15) is 11.2 Å². The van der Waals surface area contributed by atoms with Crippen LogP contribution in [-0.2, 0) is 15.8 Å². The van der Waals surface area contributed by atoms with Gasteiger partial charge in [0.05, 0.1) is 5.56 Å². The largest absolute Gasteiger partial charge is 0.416 e. The fraction of sp³-hybridized carbons (Fsp3) is 0.294. The second-order valence-electron chi connectivity index (χ2n) is 7.18. The molecule has 2 aromatic rings. The average molecular weight is 505 g/mol. The number of amides is 2. The van der Waals surface area contributed by atoms with Gasteiger partial charge in [-0.15, -0.1) is 5.10 Å². The summed E-state index contributed by atoms with van der Waals surface area (Å²) in [6.07, 6.45) is -0.469. The molecule has 0 aliphatic heterocycles. The molecular formula is C17H15F8N5O2S. The van der Waals surface area contributed by atoms with E-state index in [1.54, 1.807) is 0 Å². The third kappa shape index (κ3) is 6.21. The summed E-state index contributed by atoms with van der Waals surface area (Å²) in [5.41, 5.74) is 1.34. The Morgan fingerprint density at radius 3 is 2.27 bits per heavy atom. The van der Waals surface area contributed by atoms with Gasteiger partial charge < -0.3 is 0 Å². The van der Waals surface area contributed by atoms with Crippen molar-refractivity contribution in [3.8, 4) is 11.4 Å². The molecule has 2 amide bonds. The summed E-state index contributed by atoms with van der Waals surface area (Å²) in [4.78, 5) is 24.1. The van der Waals surface area contributed by atoms with Crippen molar-refractivity contribution in [3.05, 3.63) is 36.2 Å². The van der Waals surface area contributed by atoms with Crippen LogP contribution < -0.4 is 10.9 Å². The van der Waals surface area contributed by atoms with E-state index in [-0.39, 0.29) is 24.0 Å². The predicted octanol–water partition coefficient (Wildman–Crippen LogP) is 5.04. The molecule has 1 aliphatic rings. The van der Waals surface area contributed by atoms with E-state index >= 15 is 0 Å². The van der Waals surface area contributed by atoms with Gasteiger partial charge >= 0.3 is 16.4 Å². The Labute approximate surface area is 180 Å². The van der Waals surface area contributed by atoms with Gasteiger partial charge in [-0.1, -0.05) is 25.8 Å². The van der Waals surface area contributed by atoms with E-state index in [2.05, 4.69) is 20.9 Å². The number of aromatic nitrogens is 3. The zero-order valence-electron chi connectivity index (χ0n) is 16.3. The molecule has 0 unspecified atom stereocenters. The number of nitrogens with zero attached hydrogens (tertiary/aromatic N) is 3. The normalized spacial score (nSPS) is 17.2. The maximum atomic E-state index is 13.1. The molecule has 1 heterocycles. The Kier molecular flexibility index (Phi) is 5.51. The van der Waals surface area contributed by atoms with Crippen molar-refractivity contribution in [1.82, 2.24) is 25.6 Å². The van der Waals surface area contributed by atoms with Crippen LogP contribution in [0, 0.1) is 5.92 Å². The minimum atomic E-state index is -10.4. The molecule has 0 radical (unpaired) electrons. The van der Waals surface area contributed by atoms with Crippen LogP contribution in [0.4, 0.5) is 32.6 Å². The number of carbonyl (C=O) groups is 2. The number of nitrogens with one attached hydrogen (secondary N) is 2. The van der Waals surface area contributed by atoms with E-state index in [4.69, 9.17) is 0 Å². The lowest BCUT2D eigenvalue weighted by Gasteiger charge is -2.40. The fourth-order valence-corrected chi connectivity index (χ4v) is 3.37. The summed E-state index contributed by atoms with van der Waals surface area (Å²) in [6.45, 7) is 0. The van der Waals surface area contributed by atoms with Gasteiger partial charge in [0, 0.05) is 23.8 Å². The highest BCUT2D eigenvalue weighted by atomic mass is 32.5. The molecule has 1 aromatic heterocycles. The Morgan fingerprint density at radius 2 is 1.73 bits per heavy atom. The molecule has 1 saturated carbocycles. The molecule has 0 spiro atoms. The van der Waals surface area contributed by atoms with Crippen molar-refractivity contribution in [3.63, 3.8) is 0 Å². The van der Waals surface area contributed by atoms with Gasteiger partial charge in [-0.2, -0.15) is 13.2 Å². The van der Waals surface area contributed by atoms with Crippen molar-refractivity contribution in [1.29, 1.82) is 0 Å². The van der Waals surface area contributed by atoms with E-state index in [0.29, 0.717) is 12.8 Å². The van der Waals surface area contributed by atoms with E-state index in [1.807, 2.05) is 0 Å². The summed E-state index contributed by atoms with van der Waals surface area (Å²) >= 11 is 0. The van der Waals surface area contributed by atoms with E-state index in [1.165, 1.54) is 0 Å². The minimum Gasteiger partial charge on any atom is -0.273 e. The lowest BCUT2D eigenvalue weighted by atomic mass is 9.85. The highest BCUT2D eigenvalue weighted by molar-refractivity contribution is 8.45. The molecule has 1 aromatic carbocycles. The van der Waals surface area contributed by atoms with Crippen LogP contribution >= 0.6 is 10.2 Å². The molecule has 16 heteroatoms. The number of rotatable bonds is 5. The molecule has 33 heavy (non-hydrogen) atoms. The van der Waals surface area contributed by atoms with Crippen molar-refractivity contribution in [2.75, 3.05) is 0 Å². The van der Waals surface area contributed by atoms with Crippen molar-refractivity contribution in [2.24, 2.45) is 5.92 Å². The predicted molar refractivity (Wildman–Crippen MR) is 101 cm³/mol. The standard InChI is InChI=1S/C17H15F8N5O2S/c18-17(19,20)12-6-11(7-13(8-12)33(21,22,23,24)25)15-26-9-30(29-15)5-4-14(31)27-28-16(32)10-2-1-3-10/h4-10H,1-3H2,(H,27,31)(H,28,32)/b5-4-. The Bertz CT molecular complexity index is 1120. The summed E-state index contributed by atoms with van der Waals surface area (Å²) in [5, 5.41) is 3.58. The van der Waals surface area contributed by atoms with Gasteiger partial charge in [0.15, 0.2) is 5.82 Å². The highest BCUT2D eigenvalue weighted by Gasteiger charge is 2.66. The van der Waals surface area contributed by atoms with Gasteiger partial charge in [-0.25, -0.2) is 9.67 Å². The fourth-order valence-electron chi connectivity index (χ4n) is 2.67. The SMILES string of the molecule is O=C(/C=C\n1cnc(-c2cc(C(F)(F)F)cc(S(F)(F)(F)(F)F)c2)n1)NNC(=O)C1CCC1. The van der Waals surface area contributed by atoms with E-state index in [0.717, 1.165) is 29.7 Å². The minimum absolute atomic E-state index is 0.178. The van der Waals surface area contributed by atoms with Crippen LogP contribution in [0.3, 0.4) is 0 Å². The van der Waals surface area contributed by atoms with E-state index < -0.39 is 50.2 Å². The summed E-state index contributed by atoms with van der Waals surface area (Å²) in [5.74, 6) is -2.12. The lowest BCUT2D eigenvalue weighted by molar-refractivity contribution is -0.137. The first-order valence-electron chi connectivity index (χ1n) is 9.08. The topological polar surface area (TPSA) is 88.9 Å². The summed E-state index contributed by atoms with van der Waals surface area (Å²) in [7, 11) is -10.4.